The fourth-order valence-corrected chi connectivity index (χ4v) is 6.18. The third kappa shape index (κ3) is 7.23. The highest BCUT2D eigenvalue weighted by atomic mass is 32.2. The molecule has 0 amide bonds. The third-order valence-corrected chi connectivity index (χ3v) is 10.7. The summed E-state index contributed by atoms with van der Waals surface area (Å²) in [5.41, 5.74) is 2.64. The summed E-state index contributed by atoms with van der Waals surface area (Å²) < 4.78 is 62.7. The number of rotatable bonds is 11. The molecule has 0 aliphatic carbocycles. The van der Waals surface area contributed by atoms with Gasteiger partial charge in [-0.25, -0.2) is 35.0 Å². The zero-order valence-electron chi connectivity index (χ0n) is 25.9. The molecule has 5 aromatic rings. The molecule has 0 aliphatic heterocycles. The van der Waals surface area contributed by atoms with Crippen molar-refractivity contribution in [3.8, 4) is 11.4 Å². The van der Waals surface area contributed by atoms with E-state index in [0.717, 1.165) is 14.2 Å². The number of nitrogens with zero attached hydrogens (tertiary/aromatic N) is 5. The molecule has 0 radical (unpaired) electrons. The van der Waals surface area contributed by atoms with Crippen molar-refractivity contribution in [1.29, 1.82) is 0 Å². The molecule has 0 saturated heterocycles. The standard InChI is InChI=1S/C32H31N5O8S2/c1-35(2)46(40,41)25-14-10-23(11-15-25)31(38)44-20-19-22-9-18-30(29(21-22)37-33-27-7-5-6-8-28(27)34-37)45-32(39)24-12-16-26(17-13-24)47(42,43)36(3)4/h5-18,21H,19-20H2,1-4H3. The van der Waals surface area contributed by atoms with Crippen LogP contribution in [-0.4, -0.2) is 87.2 Å². The van der Waals surface area contributed by atoms with E-state index in [-0.39, 0.29) is 33.3 Å². The van der Waals surface area contributed by atoms with Crippen LogP contribution in [0.3, 0.4) is 0 Å². The Morgan fingerprint density at radius 3 is 1.66 bits per heavy atom. The lowest BCUT2D eigenvalue weighted by Crippen LogP contribution is -2.22. The Labute approximate surface area is 272 Å². The van der Waals surface area contributed by atoms with Crippen molar-refractivity contribution < 1.29 is 35.9 Å². The Balaban J connectivity index is 1.34. The van der Waals surface area contributed by atoms with Crippen molar-refractivity contribution in [3.05, 3.63) is 108 Å². The maximum Gasteiger partial charge on any atom is 0.343 e. The van der Waals surface area contributed by atoms with Crippen molar-refractivity contribution >= 4 is 43.0 Å². The van der Waals surface area contributed by atoms with E-state index in [1.54, 1.807) is 30.3 Å². The number of aromatic nitrogens is 3. The van der Waals surface area contributed by atoms with E-state index in [4.69, 9.17) is 9.47 Å². The third-order valence-electron chi connectivity index (χ3n) is 7.09. The van der Waals surface area contributed by atoms with Gasteiger partial charge in [0.05, 0.1) is 27.5 Å². The molecule has 5 rings (SSSR count). The molecule has 0 N–H and O–H groups in total. The van der Waals surface area contributed by atoms with Gasteiger partial charge in [-0.1, -0.05) is 18.2 Å². The van der Waals surface area contributed by atoms with Crippen molar-refractivity contribution in [3.63, 3.8) is 0 Å². The minimum absolute atomic E-state index is 0.00583. The smallest absolute Gasteiger partial charge is 0.343 e. The Kier molecular flexibility index (Phi) is 9.53. The Morgan fingerprint density at radius 1 is 0.681 bits per heavy atom. The molecule has 0 atom stereocenters. The maximum absolute atomic E-state index is 13.1. The summed E-state index contributed by atoms with van der Waals surface area (Å²) in [6.07, 6.45) is 0.294. The predicted octanol–water partition coefficient (Wildman–Crippen LogP) is 3.54. The Hall–Kier alpha value is -4.96. The topological polar surface area (TPSA) is 158 Å². The molecule has 0 saturated carbocycles. The number of esters is 2. The second-order valence-corrected chi connectivity index (χ2v) is 15.0. The molecule has 0 fully saturated rings. The summed E-state index contributed by atoms with van der Waals surface area (Å²) in [4.78, 5) is 27.2. The van der Waals surface area contributed by atoms with Crippen molar-refractivity contribution in [2.45, 2.75) is 16.2 Å². The zero-order chi connectivity index (χ0) is 33.9. The first-order chi connectivity index (χ1) is 22.3. The van der Waals surface area contributed by atoms with Gasteiger partial charge in [0.15, 0.2) is 5.75 Å². The minimum atomic E-state index is -3.67. The maximum atomic E-state index is 13.1. The first-order valence-corrected chi connectivity index (χ1v) is 17.1. The lowest BCUT2D eigenvalue weighted by molar-refractivity contribution is 0.0508. The van der Waals surface area contributed by atoms with Crippen LogP contribution in [0.2, 0.25) is 0 Å². The molecule has 15 heteroatoms. The average Bonchev–Trinajstić information content (AvgIpc) is 3.49. The van der Waals surface area contributed by atoms with Crippen molar-refractivity contribution in [2.75, 3.05) is 34.8 Å². The molecule has 1 aromatic heterocycles. The van der Waals surface area contributed by atoms with Gasteiger partial charge in [0.2, 0.25) is 20.0 Å². The molecule has 0 unspecified atom stereocenters. The summed E-state index contributed by atoms with van der Waals surface area (Å²) in [6, 6.07) is 23.1. The number of sulfonamides is 2. The van der Waals surface area contributed by atoms with Crippen LogP contribution in [0.5, 0.6) is 5.75 Å². The van der Waals surface area contributed by atoms with Gasteiger partial charge in [-0.2, -0.15) is 0 Å². The first kappa shape index (κ1) is 33.4. The van der Waals surface area contributed by atoms with Crippen LogP contribution >= 0.6 is 0 Å². The second kappa shape index (κ2) is 13.4. The number of carbonyl (C=O) groups is 2. The molecule has 47 heavy (non-hydrogen) atoms. The summed E-state index contributed by atoms with van der Waals surface area (Å²) >= 11 is 0. The Bertz CT molecular complexity index is 2130. The highest BCUT2D eigenvalue weighted by Gasteiger charge is 2.21. The molecule has 0 aliphatic rings. The lowest BCUT2D eigenvalue weighted by atomic mass is 10.1. The molecule has 4 aromatic carbocycles. The van der Waals surface area contributed by atoms with E-state index in [2.05, 4.69) is 10.2 Å². The summed E-state index contributed by atoms with van der Waals surface area (Å²) in [7, 11) is -1.62. The van der Waals surface area contributed by atoms with Gasteiger partial charge >= 0.3 is 11.9 Å². The number of carbonyl (C=O) groups excluding carboxylic acids is 2. The molecule has 0 spiro atoms. The monoisotopic (exact) mass is 677 g/mol. The van der Waals surface area contributed by atoms with E-state index in [1.165, 1.54) is 81.5 Å². The van der Waals surface area contributed by atoms with E-state index >= 15 is 0 Å². The van der Waals surface area contributed by atoms with Crippen LogP contribution in [0, 0.1) is 0 Å². The predicted molar refractivity (Wildman–Crippen MR) is 172 cm³/mol. The fraction of sp³-hybridized carbons (Fsp3) is 0.188. The van der Waals surface area contributed by atoms with E-state index in [9.17, 15) is 26.4 Å². The van der Waals surface area contributed by atoms with Crippen molar-refractivity contribution in [2.24, 2.45) is 0 Å². The largest absolute Gasteiger partial charge is 0.462 e. The highest BCUT2D eigenvalue weighted by Crippen LogP contribution is 2.27. The average molecular weight is 678 g/mol. The molecular formula is C32H31N5O8S2. The van der Waals surface area contributed by atoms with E-state index in [0.29, 0.717) is 23.1 Å². The number of hydrogen-bond donors (Lipinski definition) is 0. The molecular weight excluding hydrogens is 647 g/mol. The number of fused-ring (bicyclic) bond motifs is 1. The van der Waals surface area contributed by atoms with E-state index in [1.807, 2.05) is 12.1 Å². The van der Waals surface area contributed by atoms with Gasteiger partial charge in [0.25, 0.3) is 0 Å². The number of ether oxygens (including phenoxy) is 2. The lowest BCUT2D eigenvalue weighted by Gasteiger charge is -2.13. The SMILES string of the molecule is CN(C)S(=O)(=O)c1ccc(C(=O)OCCc2ccc(OC(=O)c3ccc(S(=O)(=O)N(C)C)cc3)c(-n3nc4ccccc4n3)c2)cc1. The van der Waals surface area contributed by atoms with Crippen LogP contribution in [0.4, 0.5) is 0 Å². The minimum Gasteiger partial charge on any atom is -0.462 e. The summed E-state index contributed by atoms with van der Waals surface area (Å²) in [5.74, 6) is -1.19. The molecule has 1 heterocycles. The van der Waals surface area contributed by atoms with Crippen LogP contribution in [0.25, 0.3) is 16.7 Å². The molecule has 0 bridgehead atoms. The highest BCUT2D eigenvalue weighted by molar-refractivity contribution is 7.89. The van der Waals surface area contributed by atoms with Crippen LogP contribution in [0.15, 0.2) is 101 Å². The van der Waals surface area contributed by atoms with Gasteiger partial charge in [-0.05, 0) is 78.4 Å². The summed E-state index contributed by atoms with van der Waals surface area (Å²) in [6.45, 7) is 0.00583. The zero-order valence-corrected chi connectivity index (χ0v) is 27.5. The van der Waals surface area contributed by atoms with Gasteiger partial charge in [-0.3, -0.25) is 0 Å². The second-order valence-electron chi connectivity index (χ2n) is 10.7. The van der Waals surface area contributed by atoms with Gasteiger partial charge in [0, 0.05) is 34.6 Å². The quantitative estimate of drug-likeness (QED) is 0.150. The van der Waals surface area contributed by atoms with Gasteiger partial charge in [-0.15, -0.1) is 15.0 Å². The number of benzene rings is 4. The Morgan fingerprint density at radius 2 is 1.17 bits per heavy atom. The number of hydrogen-bond acceptors (Lipinski definition) is 10. The normalized spacial score (nSPS) is 12.0. The van der Waals surface area contributed by atoms with Gasteiger partial charge in [0.1, 0.15) is 16.7 Å². The van der Waals surface area contributed by atoms with Crippen LogP contribution < -0.4 is 4.74 Å². The molecule has 13 nitrogen and oxygen atoms in total. The van der Waals surface area contributed by atoms with Crippen molar-refractivity contribution in [1.82, 2.24) is 23.6 Å². The van der Waals surface area contributed by atoms with E-state index < -0.39 is 32.0 Å². The first-order valence-electron chi connectivity index (χ1n) is 14.2. The summed E-state index contributed by atoms with van der Waals surface area (Å²) in [5, 5.41) is 9.03. The fourth-order valence-electron chi connectivity index (χ4n) is 4.38. The van der Waals surface area contributed by atoms with Crippen LogP contribution in [-0.2, 0) is 31.2 Å². The van der Waals surface area contributed by atoms with Gasteiger partial charge < -0.3 is 9.47 Å². The molecule has 244 valence electrons. The van der Waals surface area contributed by atoms with Crippen LogP contribution in [0.1, 0.15) is 26.3 Å².